The molecule has 10 heteroatoms. The molecule has 0 saturated carbocycles. The van der Waals surface area contributed by atoms with Gasteiger partial charge >= 0.3 is 11.9 Å². The quantitative estimate of drug-likeness (QED) is 0.485. The van der Waals surface area contributed by atoms with Crippen molar-refractivity contribution in [2.24, 2.45) is 0 Å². The summed E-state index contributed by atoms with van der Waals surface area (Å²) in [5, 5.41) is 32.1. The van der Waals surface area contributed by atoms with E-state index in [0.717, 1.165) is 17.8 Å². The molecular formula is C16H19NO8S. The molecule has 0 unspecified atom stereocenters. The number of aromatic hydroxyl groups is 2. The number of hydrogen-bond donors (Lipinski definition) is 4. The molecule has 0 spiro atoms. The average Bonchev–Trinajstić information content (AvgIpc) is 2.60. The number of phenolic OH excluding ortho intramolecular Hbond substituents is 2. The molecule has 1 aliphatic rings. The number of hydrogen-bond acceptors (Lipinski definition) is 9. The lowest BCUT2D eigenvalue weighted by atomic mass is 10.0. The van der Waals surface area contributed by atoms with Crippen molar-refractivity contribution in [2.75, 3.05) is 19.5 Å². The Balaban J connectivity index is 2.41. The number of aliphatic hydroxyl groups excluding tert-OH is 1. The lowest BCUT2D eigenvalue weighted by Crippen LogP contribution is -2.48. The fourth-order valence-corrected chi connectivity index (χ4v) is 3.46. The van der Waals surface area contributed by atoms with E-state index in [1.807, 2.05) is 0 Å². The third-order valence-corrected chi connectivity index (χ3v) is 4.92. The fourth-order valence-electron chi connectivity index (χ4n) is 2.39. The van der Waals surface area contributed by atoms with Crippen molar-refractivity contribution in [3.05, 3.63) is 22.8 Å². The number of rotatable bonds is 1. The first kappa shape index (κ1) is 19.9. The van der Waals surface area contributed by atoms with Crippen molar-refractivity contribution >= 4 is 29.6 Å². The van der Waals surface area contributed by atoms with Crippen LogP contribution in [-0.4, -0.2) is 64.8 Å². The molecule has 0 radical (unpaired) electrons. The second kappa shape index (κ2) is 8.28. The number of carbonyl (C=O) groups is 3. The number of ether oxygens (including phenoxy) is 2. The van der Waals surface area contributed by atoms with Crippen LogP contribution in [0.25, 0.3) is 0 Å². The third-order valence-electron chi connectivity index (χ3n) is 3.86. The van der Waals surface area contributed by atoms with Gasteiger partial charge in [0.2, 0.25) is 0 Å². The lowest BCUT2D eigenvalue weighted by Gasteiger charge is -2.21. The molecule has 2 rings (SSSR count). The van der Waals surface area contributed by atoms with E-state index in [0.29, 0.717) is 0 Å². The zero-order valence-corrected chi connectivity index (χ0v) is 15.0. The number of esters is 2. The van der Waals surface area contributed by atoms with Gasteiger partial charge in [-0.3, -0.25) is 4.79 Å². The molecule has 1 amide bonds. The van der Waals surface area contributed by atoms with Crippen molar-refractivity contribution in [3.63, 3.8) is 0 Å². The SMILES string of the molecule is COC(=O)[C@@H]1CSCc2c(O)cc(O)c(C)c2C(=O)OC[C@H](O)C(=O)N1. The number of aliphatic hydroxyl groups is 1. The van der Waals surface area contributed by atoms with E-state index >= 15 is 0 Å². The smallest absolute Gasteiger partial charge is 0.339 e. The zero-order chi connectivity index (χ0) is 19.4. The van der Waals surface area contributed by atoms with Crippen molar-refractivity contribution in [3.8, 4) is 11.5 Å². The van der Waals surface area contributed by atoms with Gasteiger partial charge in [0.15, 0.2) is 6.10 Å². The minimum Gasteiger partial charge on any atom is -0.508 e. The molecule has 142 valence electrons. The minimum atomic E-state index is -1.69. The second-order valence-electron chi connectivity index (χ2n) is 5.61. The summed E-state index contributed by atoms with van der Waals surface area (Å²) in [6.07, 6.45) is -1.69. The first-order chi connectivity index (χ1) is 12.3. The van der Waals surface area contributed by atoms with E-state index in [2.05, 4.69) is 10.1 Å². The molecule has 1 aromatic carbocycles. The summed E-state index contributed by atoms with van der Waals surface area (Å²) in [6, 6.07) is 0.0912. The number of benzene rings is 1. The van der Waals surface area contributed by atoms with Crippen LogP contribution in [0.2, 0.25) is 0 Å². The fraction of sp³-hybridized carbons (Fsp3) is 0.438. The highest BCUT2D eigenvalue weighted by atomic mass is 32.2. The van der Waals surface area contributed by atoms with Crippen LogP contribution in [0, 0.1) is 6.92 Å². The van der Waals surface area contributed by atoms with E-state index in [-0.39, 0.29) is 39.7 Å². The van der Waals surface area contributed by atoms with Crippen LogP contribution in [0.15, 0.2) is 6.07 Å². The Morgan fingerprint density at radius 2 is 2.04 bits per heavy atom. The standard InChI is InChI=1S/C16H19NO8S/c1-7-10(18)3-11(19)8-5-26-6-9(15(22)24-2)17-14(21)12(20)4-25-16(23)13(7)8/h3,9,12,18-20H,4-6H2,1-2H3,(H,17,21)/t9-,12-/m0/s1. The Bertz CT molecular complexity index is 735. The summed E-state index contributed by atoms with van der Waals surface area (Å²) < 4.78 is 9.57. The third kappa shape index (κ3) is 4.20. The molecule has 4 N–H and O–H groups in total. The number of thioether (sulfide) groups is 1. The molecule has 1 heterocycles. The van der Waals surface area contributed by atoms with E-state index in [1.165, 1.54) is 14.0 Å². The summed E-state index contributed by atoms with van der Waals surface area (Å²) in [5.41, 5.74) is 0.377. The molecular weight excluding hydrogens is 366 g/mol. The van der Waals surface area contributed by atoms with Gasteiger partial charge in [0.05, 0.1) is 12.7 Å². The van der Waals surface area contributed by atoms with Gasteiger partial charge in [-0.1, -0.05) is 0 Å². The predicted molar refractivity (Wildman–Crippen MR) is 90.9 cm³/mol. The predicted octanol–water partition coefficient (Wildman–Crippen LogP) is -0.171. The molecule has 0 fully saturated rings. The Hall–Kier alpha value is -2.46. The highest BCUT2D eigenvalue weighted by Gasteiger charge is 2.29. The van der Waals surface area contributed by atoms with E-state index in [9.17, 15) is 29.7 Å². The van der Waals surface area contributed by atoms with Crippen LogP contribution in [0.1, 0.15) is 21.5 Å². The van der Waals surface area contributed by atoms with Gasteiger partial charge in [-0.05, 0) is 6.92 Å². The summed E-state index contributed by atoms with van der Waals surface area (Å²) in [4.78, 5) is 36.1. The summed E-state index contributed by atoms with van der Waals surface area (Å²) >= 11 is 1.15. The van der Waals surface area contributed by atoms with Gasteiger partial charge in [-0.15, -0.1) is 0 Å². The summed E-state index contributed by atoms with van der Waals surface area (Å²) in [5.74, 6) is -2.86. The largest absolute Gasteiger partial charge is 0.508 e. The molecule has 9 nitrogen and oxygen atoms in total. The molecule has 1 aromatic rings. The number of fused-ring (bicyclic) bond motifs is 1. The second-order valence-corrected chi connectivity index (χ2v) is 6.64. The zero-order valence-electron chi connectivity index (χ0n) is 14.1. The lowest BCUT2D eigenvalue weighted by molar-refractivity contribution is -0.146. The maximum Gasteiger partial charge on any atom is 0.339 e. The normalized spacial score (nSPS) is 21.5. The van der Waals surface area contributed by atoms with E-state index in [4.69, 9.17) is 4.74 Å². The van der Waals surface area contributed by atoms with Gasteiger partial charge in [-0.2, -0.15) is 11.8 Å². The molecule has 2 atom stereocenters. The van der Waals surface area contributed by atoms with Crippen LogP contribution < -0.4 is 5.32 Å². The maximum absolute atomic E-state index is 12.3. The molecule has 0 aromatic heterocycles. The van der Waals surface area contributed by atoms with Crippen LogP contribution in [0.5, 0.6) is 11.5 Å². The molecule has 1 aliphatic heterocycles. The van der Waals surface area contributed by atoms with Crippen LogP contribution in [-0.2, 0) is 24.8 Å². The minimum absolute atomic E-state index is 0.0437. The molecule has 0 bridgehead atoms. The number of carbonyl (C=O) groups excluding carboxylic acids is 3. The van der Waals surface area contributed by atoms with Crippen LogP contribution >= 0.6 is 11.8 Å². The highest BCUT2D eigenvalue weighted by Crippen LogP contribution is 2.35. The van der Waals surface area contributed by atoms with Crippen molar-refractivity contribution < 1.29 is 39.2 Å². The van der Waals surface area contributed by atoms with Crippen molar-refractivity contribution in [2.45, 2.75) is 24.8 Å². The Morgan fingerprint density at radius 1 is 1.35 bits per heavy atom. The van der Waals surface area contributed by atoms with Crippen molar-refractivity contribution in [1.82, 2.24) is 5.32 Å². The number of methoxy groups -OCH3 is 1. The number of amides is 1. The van der Waals surface area contributed by atoms with Gasteiger partial charge in [0.25, 0.3) is 5.91 Å². The highest BCUT2D eigenvalue weighted by molar-refractivity contribution is 7.98. The van der Waals surface area contributed by atoms with Crippen LogP contribution in [0.3, 0.4) is 0 Å². The maximum atomic E-state index is 12.3. The molecule has 0 saturated heterocycles. The first-order valence-corrected chi connectivity index (χ1v) is 8.77. The number of phenols is 2. The Labute approximate surface area is 153 Å². The summed E-state index contributed by atoms with van der Waals surface area (Å²) in [6.45, 7) is 0.826. The Kier molecular flexibility index (Phi) is 6.32. The van der Waals surface area contributed by atoms with Crippen LogP contribution in [0.4, 0.5) is 0 Å². The van der Waals surface area contributed by atoms with E-state index < -0.39 is 36.6 Å². The number of cyclic esters (lactones) is 1. The van der Waals surface area contributed by atoms with Gasteiger partial charge < -0.3 is 30.1 Å². The monoisotopic (exact) mass is 385 g/mol. The average molecular weight is 385 g/mol. The topological polar surface area (TPSA) is 142 Å². The van der Waals surface area contributed by atoms with E-state index in [1.54, 1.807) is 0 Å². The van der Waals surface area contributed by atoms with Gasteiger partial charge in [-0.25, -0.2) is 9.59 Å². The van der Waals surface area contributed by atoms with Crippen molar-refractivity contribution in [1.29, 1.82) is 0 Å². The number of nitrogens with one attached hydrogen (secondary N) is 1. The molecule has 26 heavy (non-hydrogen) atoms. The summed E-state index contributed by atoms with van der Waals surface area (Å²) in [7, 11) is 1.17. The Morgan fingerprint density at radius 3 is 2.69 bits per heavy atom. The van der Waals surface area contributed by atoms with Gasteiger partial charge in [0, 0.05) is 28.7 Å². The van der Waals surface area contributed by atoms with Gasteiger partial charge in [0.1, 0.15) is 24.1 Å². The first-order valence-electron chi connectivity index (χ1n) is 7.61. The molecule has 0 aliphatic carbocycles.